The minimum atomic E-state index is -3.09. The van der Waals surface area contributed by atoms with Crippen molar-refractivity contribution in [3.63, 3.8) is 0 Å². The number of benzene rings is 1. The Balaban J connectivity index is 1.84. The molecule has 0 radical (unpaired) electrons. The number of carbonyl (C=O) groups is 1. The second-order valence-corrected chi connectivity index (χ2v) is 8.18. The summed E-state index contributed by atoms with van der Waals surface area (Å²) in [4.78, 5) is 14.1. The van der Waals surface area contributed by atoms with Crippen molar-refractivity contribution in [1.82, 2.24) is 15.1 Å². The average molecular weight is 370 g/mol. The summed E-state index contributed by atoms with van der Waals surface area (Å²) in [6.45, 7) is 2.15. The highest BCUT2D eigenvalue weighted by atomic mass is 35.5. The van der Waals surface area contributed by atoms with Gasteiger partial charge in [0.05, 0.1) is 22.1 Å². The molecule has 1 aliphatic heterocycles. The molecule has 0 bridgehead atoms. The van der Waals surface area contributed by atoms with Crippen molar-refractivity contribution in [2.24, 2.45) is 0 Å². The van der Waals surface area contributed by atoms with E-state index in [1.165, 1.54) is 4.90 Å². The maximum atomic E-state index is 12.6. The molecular formula is C15H16ClN3O4S. The summed E-state index contributed by atoms with van der Waals surface area (Å²) < 4.78 is 28.7. The van der Waals surface area contributed by atoms with Crippen LogP contribution in [0, 0.1) is 0 Å². The Bertz CT molecular complexity index is 865. The van der Waals surface area contributed by atoms with Gasteiger partial charge in [-0.3, -0.25) is 4.79 Å². The molecule has 1 aromatic heterocycles. The fraction of sp³-hybridized carbons (Fsp3) is 0.400. The van der Waals surface area contributed by atoms with Gasteiger partial charge >= 0.3 is 11.8 Å². The highest BCUT2D eigenvalue weighted by molar-refractivity contribution is 7.91. The third-order valence-corrected chi connectivity index (χ3v) is 6.04. The lowest BCUT2D eigenvalue weighted by molar-refractivity contribution is 0.0668. The molecule has 2 aromatic rings. The number of sulfone groups is 1. The number of amides is 1. The molecule has 24 heavy (non-hydrogen) atoms. The summed E-state index contributed by atoms with van der Waals surface area (Å²) in [6.07, 6.45) is 0.424. The number of rotatable bonds is 4. The van der Waals surface area contributed by atoms with E-state index in [1.807, 2.05) is 0 Å². The van der Waals surface area contributed by atoms with E-state index in [4.69, 9.17) is 16.0 Å². The van der Waals surface area contributed by atoms with Gasteiger partial charge in [0, 0.05) is 12.6 Å². The van der Waals surface area contributed by atoms with Crippen molar-refractivity contribution in [3.8, 4) is 11.5 Å². The number of aromatic nitrogens is 2. The van der Waals surface area contributed by atoms with Gasteiger partial charge in [-0.15, -0.1) is 10.2 Å². The van der Waals surface area contributed by atoms with Crippen molar-refractivity contribution >= 4 is 27.3 Å². The van der Waals surface area contributed by atoms with Crippen LogP contribution < -0.4 is 0 Å². The third kappa shape index (κ3) is 3.29. The molecule has 1 aromatic carbocycles. The zero-order valence-corrected chi connectivity index (χ0v) is 14.5. The Hall–Kier alpha value is -1.93. The molecule has 0 saturated carbocycles. The van der Waals surface area contributed by atoms with Gasteiger partial charge in [-0.1, -0.05) is 23.7 Å². The zero-order chi connectivity index (χ0) is 17.3. The van der Waals surface area contributed by atoms with E-state index < -0.39 is 15.7 Å². The first-order valence-corrected chi connectivity index (χ1v) is 9.71. The molecule has 1 unspecified atom stereocenters. The van der Waals surface area contributed by atoms with Crippen LogP contribution in [-0.2, 0) is 9.84 Å². The van der Waals surface area contributed by atoms with Crippen LogP contribution in [0.15, 0.2) is 28.7 Å². The number of hydrogen-bond donors (Lipinski definition) is 0. The van der Waals surface area contributed by atoms with Gasteiger partial charge in [0.25, 0.3) is 0 Å². The maximum absolute atomic E-state index is 12.6. The summed E-state index contributed by atoms with van der Waals surface area (Å²) in [5, 5.41) is 8.11. The normalized spacial score (nSPS) is 19.3. The molecule has 0 aliphatic carbocycles. The fourth-order valence-electron chi connectivity index (χ4n) is 2.76. The standard InChI is InChI=1S/C15H16ClN3O4S/c1-2-19(10-7-8-24(21,22)9-10)15(20)14-18-17-13(23-14)11-5-3-4-6-12(11)16/h3-6,10H,2,7-9H2,1H3. The molecule has 128 valence electrons. The van der Waals surface area contributed by atoms with Gasteiger partial charge in [-0.25, -0.2) is 8.42 Å². The largest absolute Gasteiger partial charge is 0.412 e. The van der Waals surface area contributed by atoms with E-state index in [-0.39, 0.29) is 29.3 Å². The Morgan fingerprint density at radius 2 is 2.12 bits per heavy atom. The number of nitrogens with zero attached hydrogens (tertiary/aromatic N) is 3. The summed E-state index contributed by atoms with van der Waals surface area (Å²) >= 11 is 6.08. The lowest BCUT2D eigenvalue weighted by atomic mass is 10.2. The Labute approximate surface area is 144 Å². The van der Waals surface area contributed by atoms with E-state index in [0.29, 0.717) is 23.6 Å². The quantitative estimate of drug-likeness (QED) is 0.818. The molecular weight excluding hydrogens is 354 g/mol. The van der Waals surface area contributed by atoms with Crippen LogP contribution in [0.2, 0.25) is 5.02 Å². The first-order chi connectivity index (χ1) is 11.4. The summed E-state index contributed by atoms with van der Waals surface area (Å²) in [5.41, 5.74) is 0.539. The average Bonchev–Trinajstić information content (AvgIpc) is 3.15. The van der Waals surface area contributed by atoms with Gasteiger partial charge in [-0.2, -0.15) is 0 Å². The van der Waals surface area contributed by atoms with Crippen LogP contribution in [0.3, 0.4) is 0 Å². The van der Waals surface area contributed by atoms with Gasteiger partial charge in [-0.05, 0) is 25.5 Å². The first kappa shape index (κ1) is 16.9. The zero-order valence-electron chi connectivity index (χ0n) is 13.0. The SMILES string of the molecule is CCN(C(=O)c1nnc(-c2ccccc2Cl)o1)C1CCS(=O)(=O)C1. The van der Waals surface area contributed by atoms with Crippen molar-refractivity contribution in [1.29, 1.82) is 0 Å². The summed E-state index contributed by atoms with van der Waals surface area (Å²) in [5.74, 6) is -0.422. The molecule has 1 amide bonds. The summed E-state index contributed by atoms with van der Waals surface area (Å²) in [6, 6.07) is 6.58. The second kappa shape index (κ2) is 6.52. The van der Waals surface area contributed by atoms with Crippen molar-refractivity contribution < 1.29 is 17.6 Å². The van der Waals surface area contributed by atoms with E-state index in [1.54, 1.807) is 31.2 Å². The van der Waals surface area contributed by atoms with Crippen molar-refractivity contribution in [2.45, 2.75) is 19.4 Å². The molecule has 1 aliphatic rings. The van der Waals surface area contributed by atoms with Crippen LogP contribution in [0.1, 0.15) is 24.0 Å². The van der Waals surface area contributed by atoms with Crippen molar-refractivity contribution in [2.75, 3.05) is 18.1 Å². The van der Waals surface area contributed by atoms with Gasteiger partial charge < -0.3 is 9.32 Å². The second-order valence-electron chi connectivity index (χ2n) is 5.54. The molecule has 1 saturated heterocycles. The smallest absolute Gasteiger partial charge is 0.311 e. The molecule has 2 heterocycles. The molecule has 1 atom stereocenters. The monoisotopic (exact) mass is 369 g/mol. The van der Waals surface area contributed by atoms with Crippen LogP contribution in [0.4, 0.5) is 0 Å². The summed E-state index contributed by atoms with van der Waals surface area (Å²) in [7, 11) is -3.09. The predicted molar refractivity (Wildman–Crippen MR) is 88.5 cm³/mol. The van der Waals surface area contributed by atoms with E-state index >= 15 is 0 Å². The Kier molecular flexibility index (Phi) is 4.60. The molecule has 7 nitrogen and oxygen atoms in total. The Morgan fingerprint density at radius 3 is 2.75 bits per heavy atom. The van der Waals surface area contributed by atoms with Crippen LogP contribution in [0.25, 0.3) is 11.5 Å². The van der Waals surface area contributed by atoms with Gasteiger partial charge in [0.15, 0.2) is 9.84 Å². The van der Waals surface area contributed by atoms with Crippen LogP contribution >= 0.6 is 11.6 Å². The minimum Gasteiger partial charge on any atom is -0.412 e. The van der Waals surface area contributed by atoms with E-state index in [0.717, 1.165) is 0 Å². The van der Waals surface area contributed by atoms with Gasteiger partial charge in [0.1, 0.15) is 0 Å². The van der Waals surface area contributed by atoms with Gasteiger partial charge in [0.2, 0.25) is 5.89 Å². The topological polar surface area (TPSA) is 93.4 Å². The third-order valence-electron chi connectivity index (χ3n) is 3.96. The predicted octanol–water partition coefficient (Wildman–Crippen LogP) is 2.04. The lowest BCUT2D eigenvalue weighted by Crippen LogP contribution is -2.41. The van der Waals surface area contributed by atoms with E-state index in [2.05, 4.69) is 10.2 Å². The molecule has 3 rings (SSSR count). The Morgan fingerprint density at radius 1 is 1.38 bits per heavy atom. The number of halogens is 1. The highest BCUT2D eigenvalue weighted by Gasteiger charge is 2.36. The number of carbonyl (C=O) groups excluding carboxylic acids is 1. The van der Waals surface area contributed by atoms with Crippen LogP contribution in [-0.4, -0.2) is 53.5 Å². The lowest BCUT2D eigenvalue weighted by Gasteiger charge is -2.25. The highest BCUT2D eigenvalue weighted by Crippen LogP contribution is 2.27. The minimum absolute atomic E-state index is 0.0297. The first-order valence-electron chi connectivity index (χ1n) is 7.51. The number of hydrogen-bond acceptors (Lipinski definition) is 6. The molecule has 0 N–H and O–H groups in total. The van der Waals surface area contributed by atoms with E-state index in [9.17, 15) is 13.2 Å². The molecule has 0 spiro atoms. The fourth-order valence-corrected chi connectivity index (χ4v) is 4.71. The maximum Gasteiger partial charge on any atom is 0.311 e. The van der Waals surface area contributed by atoms with Crippen LogP contribution in [0.5, 0.6) is 0 Å². The van der Waals surface area contributed by atoms with Crippen molar-refractivity contribution in [3.05, 3.63) is 35.2 Å². The molecule has 1 fully saturated rings. The molecule has 9 heteroatoms.